The highest BCUT2D eigenvalue weighted by Gasteiger charge is 2.46. The molecule has 3 aromatic rings. The van der Waals surface area contributed by atoms with Gasteiger partial charge in [0.25, 0.3) is 11.8 Å². The van der Waals surface area contributed by atoms with E-state index in [1.165, 1.54) is 28.2 Å². The third-order valence-electron chi connectivity index (χ3n) is 5.42. The van der Waals surface area contributed by atoms with Crippen molar-refractivity contribution in [3.63, 3.8) is 0 Å². The molecular formula is C20H21F4N5O2S. The molecule has 32 heavy (non-hydrogen) atoms. The molecule has 3 heterocycles. The van der Waals surface area contributed by atoms with Gasteiger partial charge in [0, 0.05) is 28.5 Å². The summed E-state index contributed by atoms with van der Waals surface area (Å²) in [6, 6.07) is -0.638. The first-order valence-electron chi connectivity index (χ1n) is 10.0. The number of carbonyl (C=O) groups is 1. The summed E-state index contributed by atoms with van der Waals surface area (Å²) in [5, 5.41) is 6.55. The van der Waals surface area contributed by atoms with Crippen LogP contribution in [0.2, 0.25) is 0 Å². The molecule has 0 bridgehead atoms. The molecule has 1 aliphatic rings. The van der Waals surface area contributed by atoms with Gasteiger partial charge in [-0.05, 0) is 25.3 Å². The van der Waals surface area contributed by atoms with Crippen LogP contribution in [0.25, 0.3) is 16.8 Å². The lowest BCUT2D eigenvalue weighted by Gasteiger charge is -2.36. The topological polar surface area (TPSA) is 94.5 Å². The average molecular weight is 471 g/mol. The first-order valence-corrected chi connectivity index (χ1v) is 10.9. The number of nitrogens with one attached hydrogen (secondary N) is 1. The highest BCUT2D eigenvalue weighted by Crippen LogP contribution is 2.36. The Morgan fingerprint density at radius 2 is 2.19 bits per heavy atom. The maximum atomic E-state index is 14.3. The number of amides is 1. The second-order valence-corrected chi connectivity index (χ2v) is 8.70. The minimum Gasteiger partial charge on any atom is -0.432 e. The van der Waals surface area contributed by atoms with Gasteiger partial charge in [-0.1, -0.05) is 6.92 Å². The van der Waals surface area contributed by atoms with Crippen LogP contribution in [-0.2, 0) is 6.42 Å². The van der Waals surface area contributed by atoms with E-state index in [0.29, 0.717) is 36.0 Å². The SMILES string of the molecule is CCc1sc(C(=O)N[C@@H]2[C@H](N)CCCC2(F)F)cc1-c1cnn2cc(OC(F)F)cnc12. The number of nitrogens with zero attached hydrogens (tertiary/aromatic N) is 3. The van der Waals surface area contributed by atoms with Gasteiger partial charge < -0.3 is 15.8 Å². The van der Waals surface area contributed by atoms with E-state index in [1.807, 2.05) is 6.92 Å². The van der Waals surface area contributed by atoms with Crippen LogP contribution < -0.4 is 15.8 Å². The van der Waals surface area contributed by atoms with Gasteiger partial charge in [-0.3, -0.25) is 4.79 Å². The number of thiophene rings is 1. The molecule has 2 atom stereocenters. The van der Waals surface area contributed by atoms with Crippen LogP contribution in [0.3, 0.4) is 0 Å². The highest BCUT2D eigenvalue weighted by atomic mass is 32.1. The Kier molecular flexibility index (Phi) is 6.08. The second-order valence-electron chi connectivity index (χ2n) is 7.56. The van der Waals surface area contributed by atoms with Crippen LogP contribution in [0.4, 0.5) is 17.6 Å². The largest absolute Gasteiger partial charge is 0.432 e. The van der Waals surface area contributed by atoms with Crippen molar-refractivity contribution in [2.75, 3.05) is 0 Å². The minimum absolute atomic E-state index is 0.145. The van der Waals surface area contributed by atoms with Crippen molar-refractivity contribution in [3.8, 4) is 16.9 Å². The van der Waals surface area contributed by atoms with E-state index in [1.54, 1.807) is 6.07 Å². The summed E-state index contributed by atoms with van der Waals surface area (Å²) in [5.41, 5.74) is 7.49. The molecule has 12 heteroatoms. The van der Waals surface area contributed by atoms with Crippen molar-refractivity contribution in [2.45, 2.75) is 57.2 Å². The molecule has 3 aromatic heterocycles. The van der Waals surface area contributed by atoms with Crippen LogP contribution >= 0.6 is 11.3 Å². The number of aryl methyl sites for hydroxylation is 1. The number of hydrogen-bond donors (Lipinski definition) is 2. The predicted molar refractivity (Wildman–Crippen MR) is 110 cm³/mol. The zero-order chi connectivity index (χ0) is 23.0. The monoisotopic (exact) mass is 471 g/mol. The van der Waals surface area contributed by atoms with Gasteiger partial charge in [-0.25, -0.2) is 18.3 Å². The fourth-order valence-corrected chi connectivity index (χ4v) is 4.89. The first-order chi connectivity index (χ1) is 15.2. The molecule has 0 aromatic carbocycles. The molecule has 1 amide bonds. The molecule has 1 fully saturated rings. The van der Waals surface area contributed by atoms with Crippen molar-refractivity contribution < 1.29 is 27.1 Å². The standard InChI is InChI=1S/C20H21F4N5O2S/c1-2-14-11(12-8-27-29-9-10(31-19(21)22)7-26-17(12)29)6-15(32-14)18(30)28-16-13(25)4-3-5-20(16,23)24/h6-9,13,16,19H,2-5,25H2,1H3,(H,28,30)/t13-,16-/m1/s1. The number of halogens is 4. The molecule has 0 unspecified atom stereocenters. The molecule has 4 rings (SSSR count). The molecule has 0 saturated heterocycles. The highest BCUT2D eigenvalue weighted by molar-refractivity contribution is 7.14. The summed E-state index contributed by atoms with van der Waals surface area (Å²) in [5.74, 6) is -3.83. The van der Waals surface area contributed by atoms with Gasteiger partial charge >= 0.3 is 6.61 Å². The van der Waals surface area contributed by atoms with Gasteiger partial charge in [0.05, 0.1) is 23.5 Å². The summed E-state index contributed by atoms with van der Waals surface area (Å²) >= 11 is 1.19. The molecular weight excluding hydrogens is 450 g/mol. The third-order valence-corrected chi connectivity index (χ3v) is 6.70. The van der Waals surface area contributed by atoms with Gasteiger partial charge in [0.1, 0.15) is 6.04 Å². The number of fused-ring (bicyclic) bond motifs is 1. The van der Waals surface area contributed by atoms with Crippen LogP contribution in [0, 0.1) is 0 Å². The van der Waals surface area contributed by atoms with Crippen molar-refractivity contribution >= 4 is 22.9 Å². The van der Waals surface area contributed by atoms with Gasteiger partial charge in [-0.15, -0.1) is 11.3 Å². The molecule has 0 radical (unpaired) electrons. The molecule has 0 spiro atoms. The number of carbonyl (C=O) groups excluding carboxylic acids is 1. The van der Waals surface area contributed by atoms with E-state index >= 15 is 0 Å². The maximum Gasteiger partial charge on any atom is 0.387 e. The van der Waals surface area contributed by atoms with Crippen LogP contribution in [0.1, 0.15) is 40.7 Å². The fraction of sp³-hybridized carbons (Fsp3) is 0.450. The smallest absolute Gasteiger partial charge is 0.387 e. The van der Waals surface area contributed by atoms with E-state index < -0.39 is 30.5 Å². The summed E-state index contributed by atoms with van der Waals surface area (Å²) in [6.07, 6.45) is 4.93. The van der Waals surface area contributed by atoms with E-state index in [4.69, 9.17) is 5.73 Å². The maximum absolute atomic E-state index is 14.3. The Balaban J connectivity index is 1.63. The van der Waals surface area contributed by atoms with Crippen molar-refractivity contribution in [1.29, 1.82) is 0 Å². The lowest BCUT2D eigenvalue weighted by atomic mass is 9.87. The zero-order valence-electron chi connectivity index (χ0n) is 17.0. The summed E-state index contributed by atoms with van der Waals surface area (Å²) < 4.78 is 59.1. The molecule has 1 saturated carbocycles. The Bertz CT molecular complexity index is 1130. The first kappa shape index (κ1) is 22.5. The Labute approximate surface area is 184 Å². The number of alkyl halides is 4. The van der Waals surface area contributed by atoms with Crippen LogP contribution in [-0.4, -0.2) is 45.1 Å². The Morgan fingerprint density at radius 3 is 2.88 bits per heavy atom. The predicted octanol–water partition coefficient (Wildman–Crippen LogP) is 3.87. The molecule has 0 aliphatic heterocycles. The molecule has 3 N–H and O–H groups in total. The summed E-state index contributed by atoms with van der Waals surface area (Å²) in [6.45, 7) is -1.09. The summed E-state index contributed by atoms with van der Waals surface area (Å²) in [7, 11) is 0. The lowest BCUT2D eigenvalue weighted by molar-refractivity contribution is -0.0674. The molecule has 172 valence electrons. The Morgan fingerprint density at radius 1 is 1.41 bits per heavy atom. The van der Waals surface area contributed by atoms with Gasteiger partial charge in [0.15, 0.2) is 11.4 Å². The number of rotatable bonds is 6. The number of ether oxygens (including phenoxy) is 1. The zero-order valence-corrected chi connectivity index (χ0v) is 17.8. The summed E-state index contributed by atoms with van der Waals surface area (Å²) in [4.78, 5) is 18.0. The number of aromatic nitrogens is 3. The molecule has 7 nitrogen and oxygen atoms in total. The van der Waals surface area contributed by atoms with Crippen LogP contribution in [0.15, 0.2) is 24.7 Å². The van der Waals surface area contributed by atoms with Crippen molar-refractivity contribution in [3.05, 3.63) is 34.4 Å². The van der Waals surface area contributed by atoms with E-state index in [0.717, 1.165) is 11.1 Å². The quantitative estimate of drug-likeness (QED) is 0.533. The lowest BCUT2D eigenvalue weighted by Crippen LogP contribution is -2.59. The van der Waals surface area contributed by atoms with Gasteiger partial charge in [-0.2, -0.15) is 13.9 Å². The average Bonchev–Trinajstić information content (AvgIpc) is 3.33. The van der Waals surface area contributed by atoms with Crippen molar-refractivity contribution in [1.82, 2.24) is 19.9 Å². The van der Waals surface area contributed by atoms with Gasteiger partial charge in [0.2, 0.25) is 0 Å². The van der Waals surface area contributed by atoms with E-state index in [2.05, 4.69) is 20.1 Å². The second kappa shape index (κ2) is 8.66. The number of nitrogens with two attached hydrogens (primary N) is 1. The number of hydrogen-bond acceptors (Lipinski definition) is 6. The van der Waals surface area contributed by atoms with Crippen LogP contribution in [0.5, 0.6) is 5.75 Å². The Hall–Kier alpha value is -2.73. The van der Waals surface area contributed by atoms with Crippen molar-refractivity contribution in [2.24, 2.45) is 5.73 Å². The van der Waals surface area contributed by atoms with E-state index in [-0.39, 0.29) is 17.0 Å². The normalized spacial score (nSPS) is 20.6. The molecule has 1 aliphatic carbocycles. The third kappa shape index (κ3) is 4.29. The van der Waals surface area contributed by atoms with E-state index in [9.17, 15) is 22.4 Å². The minimum atomic E-state index is -3.06. The fourth-order valence-electron chi connectivity index (χ4n) is 3.88.